The monoisotopic (exact) mass is 282 g/mol. The number of carbonyl (C=O) groups excluding carboxylic acids is 3. The van der Waals surface area contributed by atoms with E-state index >= 15 is 0 Å². The minimum atomic E-state index is -0.729. The second kappa shape index (κ2) is 7.07. The number of esters is 1. The SMILES string of the molecule is CCc1cc(=O)oc(NCC(=O)OC)c1C(=O)NC=O. The van der Waals surface area contributed by atoms with E-state index in [4.69, 9.17) is 4.42 Å². The Morgan fingerprint density at radius 3 is 2.70 bits per heavy atom. The van der Waals surface area contributed by atoms with E-state index in [9.17, 15) is 19.2 Å². The lowest BCUT2D eigenvalue weighted by Gasteiger charge is -2.11. The molecule has 0 aliphatic carbocycles. The zero-order valence-corrected chi connectivity index (χ0v) is 11.0. The van der Waals surface area contributed by atoms with Gasteiger partial charge in [-0.05, 0) is 12.0 Å². The third kappa shape index (κ3) is 3.67. The maximum Gasteiger partial charge on any atom is 0.337 e. The summed E-state index contributed by atoms with van der Waals surface area (Å²) in [5, 5.41) is 4.46. The number of anilines is 1. The summed E-state index contributed by atoms with van der Waals surface area (Å²) in [5.41, 5.74) is -0.270. The van der Waals surface area contributed by atoms with Gasteiger partial charge < -0.3 is 14.5 Å². The largest absolute Gasteiger partial charge is 0.468 e. The molecule has 20 heavy (non-hydrogen) atoms. The highest BCUT2D eigenvalue weighted by molar-refractivity contribution is 6.04. The summed E-state index contributed by atoms with van der Waals surface area (Å²) in [6.07, 6.45) is 0.594. The number of hydrogen-bond donors (Lipinski definition) is 2. The van der Waals surface area contributed by atoms with Crippen molar-refractivity contribution in [2.75, 3.05) is 19.0 Å². The summed E-state index contributed by atoms with van der Waals surface area (Å²) < 4.78 is 9.29. The molecule has 0 aliphatic heterocycles. The molecule has 0 atom stereocenters. The van der Waals surface area contributed by atoms with Crippen LogP contribution in [0.2, 0.25) is 0 Å². The number of nitrogens with one attached hydrogen (secondary N) is 2. The molecule has 2 amide bonds. The van der Waals surface area contributed by atoms with Gasteiger partial charge in [-0.2, -0.15) is 0 Å². The van der Waals surface area contributed by atoms with Crippen molar-refractivity contribution in [2.24, 2.45) is 0 Å². The second-order valence-electron chi connectivity index (χ2n) is 3.67. The van der Waals surface area contributed by atoms with E-state index in [2.05, 4.69) is 10.1 Å². The lowest BCUT2D eigenvalue weighted by molar-refractivity contribution is -0.138. The molecule has 0 spiro atoms. The highest BCUT2D eigenvalue weighted by Crippen LogP contribution is 2.18. The van der Waals surface area contributed by atoms with Gasteiger partial charge in [-0.3, -0.25) is 19.7 Å². The van der Waals surface area contributed by atoms with E-state index in [1.54, 1.807) is 6.92 Å². The van der Waals surface area contributed by atoms with Crippen LogP contribution in [0.15, 0.2) is 15.3 Å². The summed E-state index contributed by atoms with van der Waals surface area (Å²) in [7, 11) is 1.20. The van der Waals surface area contributed by atoms with Gasteiger partial charge in [-0.1, -0.05) is 6.92 Å². The molecular formula is C12H14N2O6. The Bertz CT molecular complexity index is 578. The van der Waals surface area contributed by atoms with E-state index in [1.165, 1.54) is 7.11 Å². The first-order valence-corrected chi connectivity index (χ1v) is 5.75. The number of aryl methyl sites for hydroxylation is 1. The van der Waals surface area contributed by atoms with Crippen LogP contribution in [0.1, 0.15) is 22.8 Å². The molecule has 8 heteroatoms. The molecule has 0 aliphatic rings. The zero-order valence-electron chi connectivity index (χ0n) is 11.0. The molecule has 0 saturated heterocycles. The number of carbonyl (C=O) groups is 3. The molecule has 0 aromatic carbocycles. The van der Waals surface area contributed by atoms with Crippen LogP contribution in [0.3, 0.4) is 0 Å². The topological polar surface area (TPSA) is 115 Å². The Morgan fingerprint density at radius 2 is 2.15 bits per heavy atom. The Labute approximate surface area is 114 Å². The number of imide groups is 1. The van der Waals surface area contributed by atoms with E-state index in [1.807, 2.05) is 5.32 Å². The highest BCUT2D eigenvalue weighted by Gasteiger charge is 2.19. The summed E-state index contributed by atoms with van der Waals surface area (Å²) in [6.45, 7) is 1.45. The fourth-order valence-electron chi connectivity index (χ4n) is 1.54. The van der Waals surface area contributed by atoms with Crippen molar-refractivity contribution in [3.8, 4) is 0 Å². The highest BCUT2D eigenvalue weighted by atomic mass is 16.5. The normalized spacial score (nSPS) is 9.70. The first-order chi connectivity index (χ1) is 9.53. The number of methoxy groups -OCH3 is 1. The lowest BCUT2D eigenvalue weighted by atomic mass is 10.1. The van der Waals surface area contributed by atoms with Crippen LogP contribution in [0.5, 0.6) is 0 Å². The van der Waals surface area contributed by atoms with Crippen molar-refractivity contribution >= 4 is 24.2 Å². The number of hydrogen-bond acceptors (Lipinski definition) is 7. The summed E-state index contributed by atoms with van der Waals surface area (Å²) >= 11 is 0. The Kier molecular flexibility index (Phi) is 5.45. The fraction of sp³-hybridized carbons (Fsp3) is 0.333. The van der Waals surface area contributed by atoms with Crippen molar-refractivity contribution in [1.29, 1.82) is 0 Å². The predicted molar refractivity (Wildman–Crippen MR) is 68.4 cm³/mol. The Hall–Kier alpha value is -2.64. The van der Waals surface area contributed by atoms with Crippen molar-refractivity contribution in [3.05, 3.63) is 27.6 Å². The van der Waals surface area contributed by atoms with Crippen molar-refractivity contribution in [1.82, 2.24) is 5.32 Å². The van der Waals surface area contributed by atoms with Gasteiger partial charge in [-0.15, -0.1) is 0 Å². The first kappa shape index (κ1) is 15.4. The van der Waals surface area contributed by atoms with Gasteiger partial charge in [0.1, 0.15) is 12.1 Å². The smallest absolute Gasteiger partial charge is 0.337 e. The minimum absolute atomic E-state index is 0.00287. The Morgan fingerprint density at radius 1 is 1.45 bits per heavy atom. The summed E-state index contributed by atoms with van der Waals surface area (Å²) in [4.78, 5) is 44.6. The van der Waals surface area contributed by atoms with Gasteiger partial charge in [0.25, 0.3) is 5.91 Å². The molecule has 1 aromatic heterocycles. The van der Waals surface area contributed by atoms with Crippen LogP contribution in [0.4, 0.5) is 5.88 Å². The van der Waals surface area contributed by atoms with Gasteiger partial charge in [0.15, 0.2) is 0 Å². The molecule has 0 unspecified atom stereocenters. The van der Waals surface area contributed by atoms with Crippen LogP contribution in [-0.2, 0) is 20.7 Å². The summed E-state index contributed by atoms with van der Waals surface area (Å²) in [5.74, 6) is -1.51. The van der Waals surface area contributed by atoms with Gasteiger partial charge in [0, 0.05) is 6.07 Å². The van der Waals surface area contributed by atoms with Gasteiger partial charge >= 0.3 is 11.6 Å². The van der Waals surface area contributed by atoms with E-state index in [-0.39, 0.29) is 24.4 Å². The average Bonchev–Trinajstić information content (AvgIpc) is 2.43. The standard InChI is InChI=1S/C12H14N2O6/c1-3-7-4-8(16)20-12(13-5-9(17)19-2)10(7)11(18)14-6-15/h4,6,13H,3,5H2,1-2H3,(H,14,15,18). The van der Waals surface area contributed by atoms with Gasteiger partial charge in [-0.25, -0.2) is 4.79 Å². The summed E-state index contributed by atoms with van der Waals surface area (Å²) in [6, 6.07) is 1.16. The molecule has 2 N–H and O–H groups in total. The molecule has 0 fully saturated rings. The first-order valence-electron chi connectivity index (χ1n) is 5.75. The zero-order chi connectivity index (χ0) is 15.1. The van der Waals surface area contributed by atoms with Crippen LogP contribution >= 0.6 is 0 Å². The number of amides is 2. The molecule has 108 valence electrons. The molecule has 0 saturated carbocycles. The van der Waals surface area contributed by atoms with Crippen molar-refractivity contribution in [2.45, 2.75) is 13.3 Å². The predicted octanol–water partition coefficient (Wildman–Crippen LogP) is -0.327. The second-order valence-corrected chi connectivity index (χ2v) is 3.67. The molecule has 0 radical (unpaired) electrons. The molecule has 1 aromatic rings. The van der Waals surface area contributed by atoms with E-state index < -0.39 is 17.5 Å². The van der Waals surface area contributed by atoms with Crippen molar-refractivity contribution < 1.29 is 23.5 Å². The molecule has 1 heterocycles. The maximum absolute atomic E-state index is 11.8. The minimum Gasteiger partial charge on any atom is -0.468 e. The molecule has 0 bridgehead atoms. The number of rotatable bonds is 6. The maximum atomic E-state index is 11.8. The van der Waals surface area contributed by atoms with Crippen LogP contribution in [0.25, 0.3) is 0 Å². The Balaban J connectivity index is 3.21. The van der Waals surface area contributed by atoms with Gasteiger partial charge in [0.05, 0.1) is 7.11 Å². The van der Waals surface area contributed by atoms with Gasteiger partial charge in [0.2, 0.25) is 12.3 Å². The van der Waals surface area contributed by atoms with Crippen LogP contribution in [0, 0.1) is 0 Å². The quantitative estimate of drug-likeness (QED) is 0.542. The van der Waals surface area contributed by atoms with Crippen LogP contribution < -0.4 is 16.3 Å². The van der Waals surface area contributed by atoms with Crippen LogP contribution in [-0.4, -0.2) is 31.9 Å². The van der Waals surface area contributed by atoms with E-state index in [0.717, 1.165) is 6.07 Å². The molecule has 1 rings (SSSR count). The third-order valence-electron chi connectivity index (χ3n) is 2.46. The van der Waals surface area contributed by atoms with Crippen molar-refractivity contribution in [3.63, 3.8) is 0 Å². The number of ether oxygens (including phenoxy) is 1. The molecule has 8 nitrogen and oxygen atoms in total. The van der Waals surface area contributed by atoms with E-state index in [0.29, 0.717) is 12.0 Å². The fourth-order valence-corrected chi connectivity index (χ4v) is 1.54. The third-order valence-corrected chi connectivity index (χ3v) is 2.46. The average molecular weight is 282 g/mol. The lowest BCUT2D eigenvalue weighted by Crippen LogP contribution is -2.26. The molecular weight excluding hydrogens is 268 g/mol.